The molecule has 0 bridgehead atoms. The average Bonchev–Trinajstić information content (AvgIpc) is 2.86. The van der Waals surface area contributed by atoms with Crippen LogP contribution in [0.4, 0.5) is 0 Å². The van der Waals surface area contributed by atoms with Gasteiger partial charge in [0, 0.05) is 12.6 Å². The van der Waals surface area contributed by atoms with Crippen molar-refractivity contribution in [2.45, 2.75) is 38.3 Å². The van der Waals surface area contributed by atoms with Crippen molar-refractivity contribution in [1.29, 1.82) is 0 Å². The summed E-state index contributed by atoms with van der Waals surface area (Å²) in [7, 11) is 0. The zero-order chi connectivity index (χ0) is 13.0. The van der Waals surface area contributed by atoms with E-state index in [1.54, 1.807) is 0 Å². The van der Waals surface area contributed by atoms with Gasteiger partial charge in [0.2, 0.25) is 0 Å². The van der Waals surface area contributed by atoms with E-state index >= 15 is 0 Å². The van der Waals surface area contributed by atoms with Crippen LogP contribution in [0, 0.1) is 12.8 Å². The van der Waals surface area contributed by atoms with Crippen LogP contribution in [0.25, 0.3) is 0 Å². The largest absolute Gasteiger partial charge is 0.489 e. The monoisotopic (exact) mass is 257 g/mol. The van der Waals surface area contributed by atoms with Crippen molar-refractivity contribution in [1.82, 2.24) is 4.90 Å². The fourth-order valence-electron chi connectivity index (χ4n) is 4.12. The van der Waals surface area contributed by atoms with Crippen LogP contribution < -0.4 is 4.74 Å². The Morgan fingerprint density at radius 1 is 1.26 bits per heavy atom. The molecule has 0 amide bonds. The van der Waals surface area contributed by atoms with Crippen molar-refractivity contribution in [2.24, 2.45) is 5.92 Å². The molecule has 1 unspecified atom stereocenters. The Hall–Kier alpha value is -1.35. The number of ether oxygens (including phenoxy) is 1. The van der Waals surface area contributed by atoms with E-state index in [0.29, 0.717) is 11.8 Å². The molecule has 100 valence electrons. The molecule has 3 heterocycles. The molecule has 19 heavy (non-hydrogen) atoms. The SMILES string of the molecule is Cc1cccc2c1C(=O)C1[C@H]3CCCN3CC[C@H]1O2. The van der Waals surface area contributed by atoms with Crippen LogP contribution in [0.5, 0.6) is 5.75 Å². The quantitative estimate of drug-likeness (QED) is 0.715. The van der Waals surface area contributed by atoms with E-state index in [1.165, 1.54) is 6.42 Å². The van der Waals surface area contributed by atoms with E-state index < -0.39 is 0 Å². The third-order valence-corrected chi connectivity index (χ3v) is 4.99. The second-order valence-corrected chi connectivity index (χ2v) is 6.03. The Morgan fingerprint density at radius 2 is 2.16 bits per heavy atom. The van der Waals surface area contributed by atoms with Gasteiger partial charge in [-0.15, -0.1) is 0 Å². The van der Waals surface area contributed by atoms with E-state index in [4.69, 9.17) is 4.74 Å². The molecule has 3 nitrogen and oxygen atoms in total. The minimum absolute atomic E-state index is 0.0600. The molecule has 0 aromatic heterocycles. The van der Waals surface area contributed by atoms with Gasteiger partial charge in [0.25, 0.3) is 0 Å². The third kappa shape index (κ3) is 1.57. The summed E-state index contributed by atoms with van der Waals surface area (Å²) in [5.74, 6) is 1.18. The number of fused-ring (bicyclic) bond motifs is 4. The molecule has 3 atom stereocenters. The number of carbonyl (C=O) groups is 1. The van der Waals surface area contributed by atoms with Crippen molar-refractivity contribution in [3.8, 4) is 5.75 Å². The molecule has 3 aliphatic heterocycles. The third-order valence-electron chi connectivity index (χ3n) is 4.99. The number of hydrogen-bond acceptors (Lipinski definition) is 3. The first kappa shape index (κ1) is 11.5. The molecular formula is C16H19NO2. The van der Waals surface area contributed by atoms with Crippen molar-refractivity contribution < 1.29 is 9.53 Å². The van der Waals surface area contributed by atoms with Crippen molar-refractivity contribution in [3.63, 3.8) is 0 Å². The fraction of sp³-hybridized carbons (Fsp3) is 0.562. The van der Waals surface area contributed by atoms with Gasteiger partial charge in [-0.3, -0.25) is 9.69 Å². The predicted octanol–water partition coefficient (Wildman–Crippen LogP) is 2.42. The van der Waals surface area contributed by atoms with Crippen LogP contribution in [0.2, 0.25) is 0 Å². The fourth-order valence-corrected chi connectivity index (χ4v) is 4.12. The Morgan fingerprint density at radius 3 is 3.05 bits per heavy atom. The zero-order valence-corrected chi connectivity index (χ0v) is 11.3. The second kappa shape index (κ2) is 4.07. The van der Waals surface area contributed by atoms with Gasteiger partial charge in [-0.1, -0.05) is 12.1 Å². The first-order valence-electron chi connectivity index (χ1n) is 7.30. The van der Waals surface area contributed by atoms with Gasteiger partial charge in [0.1, 0.15) is 11.9 Å². The van der Waals surface area contributed by atoms with E-state index in [0.717, 1.165) is 42.8 Å². The van der Waals surface area contributed by atoms with Gasteiger partial charge < -0.3 is 4.74 Å². The predicted molar refractivity (Wildman–Crippen MR) is 72.6 cm³/mol. The van der Waals surface area contributed by atoms with Crippen molar-refractivity contribution in [2.75, 3.05) is 13.1 Å². The molecule has 0 saturated carbocycles. The molecule has 1 aromatic rings. The van der Waals surface area contributed by atoms with Gasteiger partial charge in [0.05, 0.1) is 11.5 Å². The Labute approximate surface area is 113 Å². The highest BCUT2D eigenvalue weighted by Crippen LogP contribution is 2.41. The Kier molecular flexibility index (Phi) is 2.46. The highest BCUT2D eigenvalue weighted by Gasteiger charge is 2.48. The lowest BCUT2D eigenvalue weighted by Crippen LogP contribution is -2.54. The smallest absolute Gasteiger partial charge is 0.175 e. The summed E-state index contributed by atoms with van der Waals surface area (Å²) in [4.78, 5) is 15.4. The van der Waals surface area contributed by atoms with E-state index in [2.05, 4.69) is 4.90 Å². The molecular weight excluding hydrogens is 238 g/mol. The van der Waals surface area contributed by atoms with Crippen LogP contribution in [-0.4, -0.2) is 35.9 Å². The minimum atomic E-state index is 0.0600. The minimum Gasteiger partial charge on any atom is -0.489 e. The summed E-state index contributed by atoms with van der Waals surface area (Å²) in [6.45, 7) is 4.25. The zero-order valence-electron chi connectivity index (χ0n) is 11.3. The van der Waals surface area contributed by atoms with Crippen molar-refractivity contribution in [3.05, 3.63) is 29.3 Å². The van der Waals surface area contributed by atoms with Crippen LogP contribution in [0.3, 0.4) is 0 Å². The number of Topliss-reactive ketones (excluding diaryl/α,β-unsaturated/α-hetero) is 1. The van der Waals surface area contributed by atoms with Crippen LogP contribution in [0.1, 0.15) is 35.2 Å². The molecule has 0 radical (unpaired) electrons. The number of carbonyl (C=O) groups excluding carboxylic acids is 1. The lowest BCUT2D eigenvalue weighted by Gasteiger charge is -2.44. The van der Waals surface area contributed by atoms with Crippen LogP contribution in [-0.2, 0) is 0 Å². The molecule has 2 saturated heterocycles. The molecule has 4 rings (SSSR count). The standard InChI is InChI=1S/C16H19NO2/c1-10-4-2-6-12-14(10)16(18)15-11-5-3-8-17(11)9-7-13(15)19-12/h2,4,6,11,13,15H,3,5,7-9H2,1H3/t11-,13-,15?/m1/s1. The number of piperidine rings is 1. The first-order chi connectivity index (χ1) is 9.25. The van der Waals surface area contributed by atoms with Gasteiger partial charge >= 0.3 is 0 Å². The van der Waals surface area contributed by atoms with Crippen LogP contribution in [0.15, 0.2) is 18.2 Å². The highest BCUT2D eigenvalue weighted by atomic mass is 16.5. The molecule has 3 aliphatic rings. The molecule has 1 aromatic carbocycles. The van der Waals surface area contributed by atoms with Gasteiger partial charge in [0.15, 0.2) is 5.78 Å². The summed E-state index contributed by atoms with van der Waals surface area (Å²) in [5.41, 5.74) is 1.88. The maximum absolute atomic E-state index is 12.9. The van der Waals surface area contributed by atoms with E-state index in [1.807, 2.05) is 25.1 Å². The molecule has 3 heteroatoms. The number of nitrogens with zero attached hydrogens (tertiary/aromatic N) is 1. The maximum atomic E-state index is 12.9. The summed E-state index contributed by atoms with van der Waals surface area (Å²) >= 11 is 0. The lowest BCUT2D eigenvalue weighted by atomic mass is 9.78. The summed E-state index contributed by atoms with van der Waals surface area (Å²) in [6.07, 6.45) is 3.46. The van der Waals surface area contributed by atoms with Gasteiger partial charge in [-0.25, -0.2) is 0 Å². The number of hydrogen-bond donors (Lipinski definition) is 0. The topological polar surface area (TPSA) is 29.5 Å². The second-order valence-electron chi connectivity index (χ2n) is 6.03. The van der Waals surface area contributed by atoms with E-state index in [9.17, 15) is 4.79 Å². The van der Waals surface area contributed by atoms with Crippen LogP contribution >= 0.6 is 0 Å². The molecule has 2 fully saturated rings. The summed E-state index contributed by atoms with van der Waals surface area (Å²) in [6, 6.07) is 6.35. The van der Waals surface area contributed by atoms with Gasteiger partial charge in [-0.05, 0) is 44.4 Å². The normalized spacial score (nSPS) is 33.3. The summed E-state index contributed by atoms with van der Waals surface area (Å²) < 4.78 is 6.15. The highest BCUT2D eigenvalue weighted by molar-refractivity contribution is 6.03. The molecule has 0 N–H and O–H groups in total. The molecule has 0 spiro atoms. The van der Waals surface area contributed by atoms with E-state index in [-0.39, 0.29) is 12.0 Å². The first-order valence-corrected chi connectivity index (χ1v) is 7.30. The number of rotatable bonds is 0. The number of aryl methyl sites for hydroxylation is 1. The molecule has 0 aliphatic carbocycles. The average molecular weight is 257 g/mol. The Bertz CT molecular complexity index is 540. The number of ketones is 1. The lowest BCUT2D eigenvalue weighted by molar-refractivity contribution is 0.0103. The maximum Gasteiger partial charge on any atom is 0.175 e. The summed E-state index contributed by atoms with van der Waals surface area (Å²) in [5, 5.41) is 0. The number of benzene rings is 1. The van der Waals surface area contributed by atoms with Gasteiger partial charge in [-0.2, -0.15) is 0 Å². The van der Waals surface area contributed by atoms with Crippen molar-refractivity contribution >= 4 is 5.78 Å². The Balaban J connectivity index is 1.79.